The van der Waals surface area contributed by atoms with E-state index < -0.39 is 0 Å². The minimum Gasteiger partial charge on any atom is -0.287 e. The molecule has 4 aromatic heterocycles. The van der Waals surface area contributed by atoms with Crippen molar-refractivity contribution in [2.24, 2.45) is 0 Å². The number of hydroxylamine groups is 2. The van der Waals surface area contributed by atoms with Crippen LogP contribution in [0.4, 0.5) is 0 Å². The standard InChI is InChI=1S/C10H6BrN3O.C7H9N3O2.C5H3BrIN/c11-8-1-2-9(14-5-8)10(15)7-3-12-6-13-4-7;1-10(12-2)7(11)6-3-8-5-9-4-6;6-4-1-2-5(7)8-3-4/h1-6H;3-5H,1-2H3;1-3H. The molecule has 180 valence electrons. The van der Waals surface area contributed by atoms with Crippen LogP contribution in [-0.4, -0.2) is 60.8 Å². The van der Waals surface area contributed by atoms with Gasteiger partial charge in [-0.05, 0) is 78.7 Å². The van der Waals surface area contributed by atoms with Crippen molar-refractivity contribution in [2.75, 3.05) is 14.2 Å². The lowest BCUT2D eigenvalue weighted by molar-refractivity contribution is -0.0757. The molecule has 35 heavy (non-hydrogen) atoms. The van der Waals surface area contributed by atoms with Gasteiger partial charge < -0.3 is 0 Å². The predicted octanol–water partition coefficient (Wildman–Crippen LogP) is 4.42. The van der Waals surface area contributed by atoms with Crippen molar-refractivity contribution in [1.82, 2.24) is 35.0 Å². The number of nitrogens with zero attached hydrogens (tertiary/aromatic N) is 7. The Morgan fingerprint density at radius 1 is 0.800 bits per heavy atom. The Morgan fingerprint density at radius 2 is 1.31 bits per heavy atom. The summed E-state index contributed by atoms with van der Waals surface area (Å²) in [5.74, 6) is -0.443. The number of hydrogen-bond donors (Lipinski definition) is 0. The number of aromatic nitrogens is 6. The van der Waals surface area contributed by atoms with Gasteiger partial charge >= 0.3 is 0 Å². The quantitative estimate of drug-likeness (QED) is 0.131. The molecule has 0 N–H and O–H groups in total. The lowest BCUT2D eigenvalue weighted by atomic mass is 10.1. The van der Waals surface area contributed by atoms with E-state index in [0.29, 0.717) is 16.8 Å². The Labute approximate surface area is 232 Å². The molecule has 0 atom stereocenters. The van der Waals surface area contributed by atoms with Crippen molar-refractivity contribution in [1.29, 1.82) is 0 Å². The molecule has 10 nitrogen and oxygen atoms in total. The van der Waals surface area contributed by atoms with Gasteiger partial charge in [0.05, 0.1) is 18.2 Å². The minimum atomic E-state index is -0.266. The van der Waals surface area contributed by atoms with Gasteiger partial charge in [0, 0.05) is 53.2 Å². The highest BCUT2D eigenvalue weighted by Crippen LogP contribution is 2.10. The van der Waals surface area contributed by atoms with E-state index in [4.69, 9.17) is 4.84 Å². The predicted molar refractivity (Wildman–Crippen MR) is 143 cm³/mol. The van der Waals surface area contributed by atoms with E-state index in [-0.39, 0.29) is 11.7 Å². The summed E-state index contributed by atoms with van der Waals surface area (Å²) < 4.78 is 2.88. The van der Waals surface area contributed by atoms with Crippen LogP contribution in [0.25, 0.3) is 0 Å². The van der Waals surface area contributed by atoms with Crippen LogP contribution in [0, 0.1) is 3.70 Å². The normalized spacial score (nSPS) is 9.63. The largest absolute Gasteiger partial charge is 0.287 e. The van der Waals surface area contributed by atoms with Crippen LogP contribution in [0.2, 0.25) is 0 Å². The van der Waals surface area contributed by atoms with E-state index in [1.807, 2.05) is 12.1 Å². The zero-order valence-electron chi connectivity index (χ0n) is 18.4. The Hall–Kier alpha value is -2.75. The first-order valence-electron chi connectivity index (χ1n) is 9.57. The van der Waals surface area contributed by atoms with Crippen LogP contribution in [0.15, 0.2) is 83.0 Å². The first-order chi connectivity index (χ1) is 16.8. The number of carbonyl (C=O) groups excluding carboxylic acids is 2. The average Bonchev–Trinajstić information content (AvgIpc) is 2.91. The third kappa shape index (κ3) is 10.2. The van der Waals surface area contributed by atoms with E-state index in [1.165, 1.54) is 51.6 Å². The first kappa shape index (κ1) is 28.5. The van der Waals surface area contributed by atoms with Crippen LogP contribution in [-0.2, 0) is 4.84 Å². The Balaban J connectivity index is 0.000000194. The second-order valence-electron chi connectivity index (χ2n) is 6.23. The van der Waals surface area contributed by atoms with Crippen molar-refractivity contribution in [3.8, 4) is 0 Å². The molecule has 1 amide bonds. The summed E-state index contributed by atoms with van der Waals surface area (Å²) in [4.78, 5) is 50.8. The molecular formula is C22H18Br2IN7O3. The van der Waals surface area contributed by atoms with E-state index in [1.54, 1.807) is 24.5 Å². The Morgan fingerprint density at radius 3 is 1.74 bits per heavy atom. The maximum atomic E-state index is 11.8. The van der Waals surface area contributed by atoms with E-state index in [2.05, 4.69) is 84.4 Å². The third-order valence-corrected chi connectivity index (χ3v) is 5.42. The summed E-state index contributed by atoms with van der Waals surface area (Å²) in [6.07, 6.45) is 11.9. The third-order valence-electron chi connectivity index (χ3n) is 3.84. The summed E-state index contributed by atoms with van der Waals surface area (Å²) in [6.45, 7) is 0. The van der Waals surface area contributed by atoms with Gasteiger partial charge in [0.15, 0.2) is 0 Å². The zero-order valence-corrected chi connectivity index (χ0v) is 23.7. The summed E-state index contributed by atoms with van der Waals surface area (Å²) in [7, 11) is 2.94. The topological polar surface area (TPSA) is 124 Å². The molecule has 0 spiro atoms. The van der Waals surface area contributed by atoms with Gasteiger partial charge in [0.25, 0.3) is 5.91 Å². The van der Waals surface area contributed by atoms with Crippen molar-refractivity contribution in [3.63, 3.8) is 0 Å². The fourth-order valence-electron chi connectivity index (χ4n) is 2.11. The van der Waals surface area contributed by atoms with Gasteiger partial charge in [0.2, 0.25) is 5.78 Å². The van der Waals surface area contributed by atoms with Gasteiger partial charge in [-0.3, -0.25) is 19.4 Å². The molecule has 0 aliphatic carbocycles. The van der Waals surface area contributed by atoms with Gasteiger partial charge in [-0.2, -0.15) is 0 Å². The molecule has 0 saturated carbocycles. The molecule has 0 bridgehead atoms. The molecule has 4 rings (SSSR count). The van der Waals surface area contributed by atoms with Crippen LogP contribution in [0.5, 0.6) is 0 Å². The number of rotatable bonds is 4. The van der Waals surface area contributed by atoms with Crippen molar-refractivity contribution >= 4 is 66.1 Å². The maximum Gasteiger partial charge on any atom is 0.280 e. The van der Waals surface area contributed by atoms with Gasteiger partial charge in [-0.1, -0.05) is 0 Å². The molecule has 0 aromatic carbocycles. The number of halogens is 3. The molecule has 13 heteroatoms. The summed E-state index contributed by atoms with van der Waals surface area (Å²) in [6, 6.07) is 7.34. The van der Waals surface area contributed by atoms with Gasteiger partial charge in [-0.15, -0.1) is 0 Å². The fourth-order valence-corrected chi connectivity index (χ4v) is 2.89. The summed E-state index contributed by atoms with van der Waals surface area (Å²) >= 11 is 8.70. The molecule has 4 heterocycles. The molecule has 0 radical (unpaired) electrons. The maximum absolute atomic E-state index is 11.8. The monoisotopic (exact) mass is 713 g/mol. The van der Waals surface area contributed by atoms with Crippen molar-refractivity contribution < 1.29 is 14.4 Å². The van der Waals surface area contributed by atoms with Gasteiger partial charge in [0.1, 0.15) is 22.0 Å². The Kier molecular flexibility index (Phi) is 12.4. The fraction of sp³-hybridized carbons (Fsp3) is 0.0909. The van der Waals surface area contributed by atoms with Crippen LogP contribution >= 0.6 is 54.5 Å². The van der Waals surface area contributed by atoms with Crippen LogP contribution in [0.3, 0.4) is 0 Å². The molecule has 0 unspecified atom stereocenters. The smallest absolute Gasteiger partial charge is 0.280 e. The lowest BCUT2D eigenvalue weighted by Crippen LogP contribution is -2.25. The molecule has 0 fully saturated rings. The molecule has 0 aliphatic rings. The number of ketones is 1. The summed E-state index contributed by atoms with van der Waals surface area (Å²) in [5, 5.41) is 1.11. The SMILES string of the molecule is Brc1ccc(I)nc1.CON(C)C(=O)c1cncnc1.O=C(c1cncnc1)c1ccc(Br)cn1. The van der Waals surface area contributed by atoms with Crippen molar-refractivity contribution in [2.45, 2.75) is 0 Å². The number of amides is 1. The van der Waals surface area contributed by atoms with Crippen LogP contribution in [0.1, 0.15) is 26.4 Å². The number of carbonyl (C=O) groups is 2. The number of pyridine rings is 2. The minimum absolute atomic E-state index is 0.178. The number of hydrogen-bond acceptors (Lipinski definition) is 9. The van der Waals surface area contributed by atoms with Gasteiger partial charge in [-0.25, -0.2) is 30.0 Å². The first-order valence-corrected chi connectivity index (χ1v) is 12.2. The van der Waals surface area contributed by atoms with E-state index in [9.17, 15) is 9.59 Å². The summed E-state index contributed by atoms with van der Waals surface area (Å²) in [5.41, 5.74) is 1.22. The van der Waals surface area contributed by atoms with Crippen molar-refractivity contribution in [3.05, 3.63) is 104 Å². The Bertz CT molecular complexity index is 1180. The zero-order chi connectivity index (χ0) is 25.6. The molecule has 0 saturated heterocycles. The van der Waals surface area contributed by atoms with E-state index in [0.717, 1.165) is 17.7 Å². The highest BCUT2D eigenvalue weighted by molar-refractivity contribution is 14.1. The highest BCUT2D eigenvalue weighted by atomic mass is 127. The molecule has 4 aromatic rings. The average molecular weight is 715 g/mol. The van der Waals surface area contributed by atoms with Crippen LogP contribution < -0.4 is 0 Å². The van der Waals surface area contributed by atoms with E-state index >= 15 is 0 Å². The lowest BCUT2D eigenvalue weighted by Gasteiger charge is -2.12. The second-order valence-corrected chi connectivity index (χ2v) is 9.17. The highest BCUT2D eigenvalue weighted by Gasteiger charge is 2.11. The molecule has 0 aliphatic heterocycles. The second kappa shape index (κ2) is 15.3. The molecular weight excluding hydrogens is 697 g/mol.